The van der Waals surface area contributed by atoms with Crippen LogP contribution in [0.3, 0.4) is 0 Å². The topological polar surface area (TPSA) is 102 Å². The summed E-state index contributed by atoms with van der Waals surface area (Å²) in [6, 6.07) is 5.13. The van der Waals surface area contributed by atoms with Crippen molar-refractivity contribution in [2.45, 2.75) is 83.5 Å². The van der Waals surface area contributed by atoms with Gasteiger partial charge in [0.05, 0.1) is 49.3 Å². The van der Waals surface area contributed by atoms with Gasteiger partial charge in [-0.05, 0) is 52.2 Å². The van der Waals surface area contributed by atoms with Crippen LogP contribution >= 0.6 is 0 Å². The summed E-state index contributed by atoms with van der Waals surface area (Å²) >= 11 is 0. The van der Waals surface area contributed by atoms with Gasteiger partial charge in [0, 0.05) is 33.9 Å². The maximum atomic E-state index is 15.2. The Morgan fingerprint density at radius 1 is 1.32 bits per heavy atom. The molecule has 0 spiro atoms. The number of ether oxygens (including phenoxy) is 2. The minimum Gasteiger partial charge on any atom is -0.392 e. The fraction of sp³-hybridized carbons (Fsp3) is 0.500. The smallest absolute Gasteiger partial charge is 0.223 e. The van der Waals surface area contributed by atoms with E-state index in [1.807, 2.05) is 13.0 Å². The van der Waals surface area contributed by atoms with Gasteiger partial charge in [-0.25, -0.2) is 14.4 Å². The lowest BCUT2D eigenvalue weighted by molar-refractivity contribution is -0.0811. The highest BCUT2D eigenvalue weighted by molar-refractivity contribution is 6.54. The second-order valence-corrected chi connectivity index (χ2v) is 14.0. The normalized spacial score (nSPS) is 25.0. The summed E-state index contributed by atoms with van der Waals surface area (Å²) in [4.78, 5) is 22.3. The highest BCUT2D eigenvalue weighted by atomic mass is 28.3. The molecule has 2 bridgehead atoms. The van der Waals surface area contributed by atoms with Crippen molar-refractivity contribution in [3.05, 3.63) is 64.0 Å². The second-order valence-electron chi connectivity index (χ2n) is 11.7. The number of aliphatic hydroxyl groups excluding tert-OH is 1. The number of benzene rings is 1. The molecule has 2 aromatic heterocycles. The number of hydrogen-bond donors (Lipinski definition) is 2. The van der Waals surface area contributed by atoms with E-state index in [2.05, 4.69) is 51.4 Å². The van der Waals surface area contributed by atoms with Crippen molar-refractivity contribution in [2.24, 2.45) is 0 Å². The van der Waals surface area contributed by atoms with Crippen LogP contribution in [-0.2, 0) is 16.0 Å². The SMILES string of the molecule is C=C1COC[Si](C)N1Cc1c(C)c(=O)c2ccc(-c3nc(NC4C[C@H]5CC[C@H](O5)C4O)ncc3F)cc2n1C(C)C. The quantitative estimate of drug-likeness (QED) is 0.422. The van der Waals surface area contributed by atoms with Crippen LogP contribution in [0.15, 0.2) is 41.5 Å². The fourth-order valence-corrected chi connectivity index (χ4v) is 8.02. The molecule has 3 aliphatic heterocycles. The standard InChI is InChI=1S/C30H37FN5O4Si/c1-16(2)36-24-10-19(6-8-21(24)28(37)18(4)25(36)13-35-17(3)14-39-15-41(35)5)27-22(31)12-32-30(34-27)33-23-11-20-7-9-26(40-20)29(23)38/h6,8,10,12,16,20,23,26,29,38H,3,7,9,11,13-15H2,1-2,4-5H3,(H,32,33,34)/t20-,23?,26+,29?/m1/s1. The first kappa shape index (κ1) is 28.0. The predicted octanol–water partition coefficient (Wildman–Crippen LogP) is 4.09. The van der Waals surface area contributed by atoms with Crippen molar-refractivity contribution in [3.8, 4) is 11.3 Å². The Balaban J connectivity index is 1.40. The van der Waals surface area contributed by atoms with Crippen LogP contribution < -0.4 is 10.7 Å². The maximum absolute atomic E-state index is 15.2. The van der Waals surface area contributed by atoms with Gasteiger partial charge < -0.3 is 29.0 Å². The van der Waals surface area contributed by atoms with E-state index in [4.69, 9.17) is 9.47 Å². The predicted molar refractivity (Wildman–Crippen MR) is 157 cm³/mol. The summed E-state index contributed by atoms with van der Waals surface area (Å²) in [6.07, 6.45) is 3.47. The maximum Gasteiger partial charge on any atom is 0.223 e. The number of nitrogens with zero attached hydrogens (tertiary/aromatic N) is 4. The summed E-state index contributed by atoms with van der Waals surface area (Å²) < 4.78 is 31.2. The minimum absolute atomic E-state index is 0.0316. The van der Waals surface area contributed by atoms with E-state index < -0.39 is 20.9 Å². The average Bonchev–Trinajstić information content (AvgIpc) is 3.36. The van der Waals surface area contributed by atoms with Gasteiger partial charge >= 0.3 is 0 Å². The second kappa shape index (κ2) is 10.9. The Hall–Kier alpha value is -3.12. The van der Waals surface area contributed by atoms with E-state index in [0.717, 1.165) is 35.9 Å². The van der Waals surface area contributed by atoms with Crippen LogP contribution in [-0.4, -0.2) is 70.4 Å². The molecule has 0 amide bonds. The van der Waals surface area contributed by atoms with Gasteiger partial charge in [-0.3, -0.25) is 4.79 Å². The molecule has 41 heavy (non-hydrogen) atoms. The van der Waals surface area contributed by atoms with Crippen LogP contribution in [0.2, 0.25) is 6.55 Å². The Morgan fingerprint density at radius 3 is 2.88 bits per heavy atom. The molecule has 2 unspecified atom stereocenters. The van der Waals surface area contributed by atoms with Crippen molar-refractivity contribution in [3.63, 3.8) is 0 Å². The lowest BCUT2D eigenvalue weighted by Crippen LogP contribution is -2.47. The first-order chi connectivity index (χ1) is 19.6. The van der Waals surface area contributed by atoms with Crippen molar-refractivity contribution < 1.29 is 19.0 Å². The molecule has 0 aliphatic carbocycles. The first-order valence-corrected chi connectivity index (χ1v) is 16.4. The lowest BCUT2D eigenvalue weighted by atomic mass is 10.0. The number of rotatable bonds is 6. The number of fused-ring (bicyclic) bond motifs is 3. The zero-order valence-corrected chi connectivity index (χ0v) is 25.0. The summed E-state index contributed by atoms with van der Waals surface area (Å²) in [5.41, 5.74) is 3.94. The first-order valence-electron chi connectivity index (χ1n) is 14.3. The van der Waals surface area contributed by atoms with Crippen molar-refractivity contribution in [1.82, 2.24) is 19.1 Å². The number of aromatic nitrogens is 3. The highest BCUT2D eigenvalue weighted by Crippen LogP contribution is 2.34. The molecule has 11 heteroatoms. The van der Waals surface area contributed by atoms with Gasteiger partial charge in [0.1, 0.15) is 11.8 Å². The van der Waals surface area contributed by atoms with E-state index in [1.54, 1.807) is 12.1 Å². The van der Waals surface area contributed by atoms with Gasteiger partial charge in [-0.1, -0.05) is 19.2 Å². The van der Waals surface area contributed by atoms with E-state index in [9.17, 15) is 9.90 Å². The molecular weight excluding hydrogens is 541 g/mol. The number of anilines is 1. The van der Waals surface area contributed by atoms with E-state index in [0.29, 0.717) is 42.3 Å². The van der Waals surface area contributed by atoms with Gasteiger partial charge in [0.2, 0.25) is 5.95 Å². The van der Waals surface area contributed by atoms with Crippen LogP contribution in [0, 0.1) is 12.7 Å². The van der Waals surface area contributed by atoms with Gasteiger partial charge in [-0.2, -0.15) is 0 Å². The summed E-state index contributed by atoms with van der Waals surface area (Å²) in [6.45, 7) is 13.5. The van der Waals surface area contributed by atoms with Crippen LogP contribution in [0.4, 0.5) is 10.3 Å². The largest absolute Gasteiger partial charge is 0.392 e. The molecule has 4 atom stereocenters. The molecule has 2 N–H and O–H groups in total. The molecule has 3 aliphatic rings. The Bertz CT molecular complexity index is 1560. The molecule has 0 saturated carbocycles. The van der Waals surface area contributed by atoms with Crippen LogP contribution in [0.1, 0.15) is 50.4 Å². The third-order valence-corrected chi connectivity index (χ3v) is 10.6. The minimum atomic E-state index is -0.984. The zero-order valence-electron chi connectivity index (χ0n) is 24.0. The van der Waals surface area contributed by atoms with Crippen molar-refractivity contribution >= 4 is 25.8 Å². The van der Waals surface area contributed by atoms with Crippen LogP contribution in [0.5, 0.6) is 0 Å². The molecule has 9 nitrogen and oxygen atoms in total. The molecule has 217 valence electrons. The Kier molecular flexibility index (Phi) is 7.47. The fourth-order valence-electron chi connectivity index (χ4n) is 6.44. The van der Waals surface area contributed by atoms with Crippen LogP contribution in [0.25, 0.3) is 22.2 Å². The number of pyridine rings is 1. The van der Waals surface area contributed by atoms with Gasteiger partial charge in [0.15, 0.2) is 20.2 Å². The number of aliphatic hydroxyl groups is 1. The van der Waals surface area contributed by atoms with Gasteiger partial charge in [-0.15, -0.1) is 0 Å². The molecule has 1 aromatic carbocycles. The zero-order chi connectivity index (χ0) is 29.0. The summed E-state index contributed by atoms with van der Waals surface area (Å²) in [5, 5.41) is 14.5. The molecule has 3 saturated heterocycles. The molecule has 1 radical (unpaired) electrons. The molecule has 3 fully saturated rings. The summed E-state index contributed by atoms with van der Waals surface area (Å²) in [5.74, 6) is -0.308. The lowest BCUT2D eigenvalue weighted by Gasteiger charge is -2.37. The Labute approximate surface area is 240 Å². The highest BCUT2D eigenvalue weighted by Gasteiger charge is 2.42. The van der Waals surface area contributed by atoms with E-state index in [-0.39, 0.29) is 41.4 Å². The number of halogens is 1. The van der Waals surface area contributed by atoms with E-state index in [1.165, 1.54) is 0 Å². The monoisotopic (exact) mass is 578 g/mol. The third-order valence-electron chi connectivity index (χ3n) is 8.59. The number of hydrogen-bond acceptors (Lipinski definition) is 8. The van der Waals surface area contributed by atoms with Gasteiger partial charge in [0.25, 0.3) is 0 Å². The van der Waals surface area contributed by atoms with E-state index >= 15 is 4.39 Å². The molecular formula is C30H37FN5O4Si. The molecule has 5 heterocycles. The number of nitrogens with one attached hydrogen (secondary N) is 1. The molecule has 3 aromatic rings. The molecule has 6 rings (SSSR count). The average molecular weight is 579 g/mol. The van der Waals surface area contributed by atoms with Crippen molar-refractivity contribution in [2.75, 3.05) is 18.2 Å². The Morgan fingerprint density at radius 2 is 2.12 bits per heavy atom. The third kappa shape index (κ3) is 5.09. The summed E-state index contributed by atoms with van der Waals surface area (Å²) in [7, 11) is -0.984. The van der Waals surface area contributed by atoms with Crippen molar-refractivity contribution in [1.29, 1.82) is 0 Å².